The van der Waals surface area contributed by atoms with Crippen molar-refractivity contribution < 1.29 is 4.79 Å². The second kappa shape index (κ2) is 5.60. The van der Waals surface area contributed by atoms with Crippen molar-refractivity contribution in [3.05, 3.63) is 35.3 Å². The topological polar surface area (TPSA) is 71.2 Å². The maximum atomic E-state index is 11.4. The van der Waals surface area contributed by atoms with Crippen LogP contribution in [-0.2, 0) is 0 Å². The van der Waals surface area contributed by atoms with Crippen LogP contribution in [0.3, 0.4) is 0 Å². The zero-order valence-corrected chi connectivity index (χ0v) is 11.8. The lowest BCUT2D eigenvalue weighted by Crippen LogP contribution is -2.30. The highest BCUT2D eigenvalue weighted by Crippen LogP contribution is 2.27. The summed E-state index contributed by atoms with van der Waals surface area (Å²) in [4.78, 5) is 18.1. The van der Waals surface area contributed by atoms with E-state index in [1.54, 1.807) is 5.38 Å². The predicted molar refractivity (Wildman–Crippen MR) is 80.7 cm³/mol. The summed E-state index contributed by atoms with van der Waals surface area (Å²) in [5, 5.41) is 2.54. The van der Waals surface area contributed by atoms with E-state index in [2.05, 4.69) is 39.6 Å². The van der Waals surface area contributed by atoms with Gasteiger partial charge in [-0.1, -0.05) is 0 Å². The van der Waals surface area contributed by atoms with Gasteiger partial charge in [0.2, 0.25) is 0 Å². The van der Waals surface area contributed by atoms with Crippen molar-refractivity contribution >= 4 is 22.9 Å². The van der Waals surface area contributed by atoms with Gasteiger partial charge in [-0.05, 0) is 37.1 Å². The summed E-state index contributed by atoms with van der Waals surface area (Å²) in [6.45, 7) is 2.27. The van der Waals surface area contributed by atoms with Crippen molar-refractivity contribution in [2.24, 2.45) is 5.84 Å². The van der Waals surface area contributed by atoms with Gasteiger partial charge in [-0.2, -0.15) is 0 Å². The third-order valence-electron chi connectivity index (χ3n) is 3.45. The predicted octanol–water partition coefficient (Wildman–Crippen LogP) is 2.01. The molecule has 1 aliphatic rings. The lowest BCUT2D eigenvalue weighted by molar-refractivity contribution is 0.0949. The first-order chi connectivity index (χ1) is 9.78. The van der Waals surface area contributed by atoms with E-state index in [4.69, 9.17) is 5.84 Å². The van der Waals surface area contributed by atoms with Crippen molar-refractivity contribution in [1.29, 1.82) is 0 Å². The van der Waals surface area contributed by atoms with Gasteiger partial charge in [0, 0.05) is 29.7 Å². The standard InChI is InChI=1S/C14H16N4OS/c15-17-13(19)12-9-20-14(16-12)10-3-5-11(6-4-10)18-7-1-2-8-18/h3-6,9H,1-2,7-8,15H2,(H,17,19). The van der Waals surface area contributed by atoms with Crippen LogP contribution < -0.4 is 16.2 Å². The van der Waals surface area contributed by atoms with Crippen LogP contribution in [-0.4, -0.2) is 24.0 Å². The van der Waals surface area contributed by atoms with Crippen molar-refractivity contribution in [3.63, 3.8) is 0 Å². The molecule has 2 heterocycles. The maximum absolute atomic E-state index is 11.4. The smallest absolute Gasteiger partial charge is 0.284 e. The van der Waals surface area contributed by atoms with Crippen molar-refractivity contribution in [1.82, 2.24) is 10.4 Å². The van der Waals surface area contributed by atoms with E-state index in [0.717, 1.165) is 23.7 Å². The minimum atomic E-state index is -0.360. The molecule has 1 saturated heterocycles. The SMILES string of the molecule is NNC(=O)c1csc(-c2ccc(N3CCCC3)cc2)n1. The fraction of sp³-hybridized carbons (Fsp3) is 0.286. The number of benzene rings is 1. The van der Waals surface area contributed by atoms with Crippen LogP contribution in [0, 0.1) is 0 Å². The Morgan fingerprint density at radius 1 is 1.25 bits per heavy atom. The maximum Gasteiger partial charge on any atom is 0.284 e. The number of carbonyl (C=O) groups excluding carboxylic acids is 1. The summed E-state index contributed by atoms with van der Waals surface area (Å²) in [5.41, 5.74) is 4.72. The number of nitrogens with zero attached hydrogens (tertiary/aromatic N) is 2. The quantitative estimate of drug-likeness (QED) is 0.515. The highest BCUT2D eigenvalue weighted by molar-refractivity contribution is 7.13. The third kappa shape index (κ3) is 2.52. The summed E-state index contributed by atoms with van der Waals surface area (Å²) >= 11 is 1.44. The molecule has 1 amide bonds. The molecule has 3 rings (SSSR count). The summed E-state index contributed by atoms with van der Waals surface area (Å²) < 4.78 is 0. The normalized spacial score (nSPS) is 14.6. The average Bonchev–Trinajstić information content (AvgIpc) is 3.18. The summed E-state index contributed by atoms with van der Waals surface area (Å²) in [6.07, 6.45) is 2.54. The van der Waals surface area contributed by atoms with E-state index in [1.165, 1.54) is 29.9 Å². The minimum absolute atomic E-state index is 0.358. The Balaban J connectivity index is 1.80. The van der Waals surface area contributed by atoms with Gasteiger partial charge in [-0.25, -0.2) is 10.8 Å². The molecule has 3 N–H and O–H groups in total. The Morgan fingerprint density at radius 3 is 2.60 bits per heavy atom. The Hall–Kier alpha value is -1.92. The molecule has 2 aromatic rings. The molecule has 0 bridgehead atoms. The van der Waals surface area contributed by atoms with Crippen molar-refractivity contribution in [3.8, 4) is 10.6 Å². The number of carbonyl (C=O) groups is 1. The fourth-order valence-corrected chi connectivity index (χ4v) is 3.18. The van der Waals surface area contributed by atoms with Crippen LogP contribution in [0.15, 0.2) is 29.6 Å². The molecule has 1 aliphatic heterocycles. The molecule has 1 fully saturated rings. The molecule has 0 unspecified atom stereocenters. The van der Waals surface area contributed by atoms with E-state index < -0.39 is 0 Å². The van der Waals surface area contributed by atoms with Crippen molar-refractivity contribution in [2.45, 2.75) is 12.8 Å². The van der Waals surface area contributed by atoms with Crippen LogP contribution in [0.4, 0.5) is 5.69 Å². The van der Waals surface area contributed by atoms with Gasteiger partial charge in [0.25, 0.3) is 5.91 Å². The number of anilines is 1. The minimum Gasteiger partial charge on any atom is -0.372 e. The number of thiazole rings is 1. The molecule has 1 aromatic heterocycles. The monoisotopic (exact) mass is 288 g/mol. The molecular weight excluding hydrogens is 272 g/mol. The number of hydrazine groups is 1. The van der Waals surface area contributed by atoms with Crippen LogP contribution in [0.2, 0.25) is 0 Å². The first-order valence-electron chi connectivity index (χ1n) is 6.60. The second-order valence-electron chi connectivity index (χ2n) is 4.75. The highest BCUT2D eigenvalue weighted by Gasteiger charge is 2.13. The number of hydrogen-bond acceptors (Lipinski definition) is 5. The number of hydrogen-bond donors (Lipinski definition) is 2. The second-order valence-corrected chi connectivity index (χ2v) is 5.61. The van der Waals surface area contributed by atoms with Crippen molar-refractivity contribution in [2.75, 3.05) is 18.0 Å². The van der Waals surface area contributed by atoms with E-state index in [1.807, 2.05) is 0 Å². The van der Waals surface area contributed by atoms with Gasteiger partial charge < -0.3 is 4.90 Å². The Morgan fingerprint density at radius 2 is 1.95 bits per heavy atom. The van der Waals surface area contributed by atoms with Crippen LogP contribution in [0.25, 0.3) is 10.6 Å². The number of nitrogens with one attached hydrogen (secondary N) is 1. The van der Waals surface area contributed by atoms with Gasteiger partial charge in [0.05, 0.1) is 0 Å². The summed E-state index contributed by atoms with van der Waals surface area (Å²) in [5.74, 6) is 4.74. The Bertz CT molecular complexity index is 602. The highest BCUT2D eigenvalue weighted by atomic mass is 32.1. The zero-order valence-electron chi connectivity index (χ0n) is 11.0. The zero-order chi connectivity index (χ0) is 13.9. The number of nitrogens with two attached hydrogens (primary N) is 1. The first-order valence-corrected chi connectivity index (χ1v) is 7.48. The Kier molecular flexibility index (Phi) is 3.66. The first kappa shape index (κ1) is 13.1. The number of amides is 1. The lowest BCUT2D eigenvalue weighted by atomic mass is 10.2. The molecule has 0 aliphatic carbocycles. The van der Waals surface area contributed by atoms with Gasteiger partial charge in [-0.15, -0.1) is 11.3 Å². The molecule has 6 heteroatoms. The van der Waals surface area contributed by atoms with Gasteiger partial charge in [0.15, 0.2) is 0 Å². The summed E-state index contributed by atoms with van der Waals surface area (Å²) in [7, 11) is 0. The lowest BCUT2D eigenvalue weighted by Gasteiger charge is -2.17. The van der Waals surface area contributed by atoms with E-state index in [9.17, 15) is 4.79 Å². The van der Waals surface area contributed by atoms with Gasteiger partial charge in [-0.3, -0.25) is 10.2 Å². The van der Waals surface area contributed by atoms with Crippen LogP contribution in [0.5, 0.6) is 0 Å². The number of rotatable bonds is 3. The molecule has 0 atom stereocenters. The van der Waals surface area contributed by atoms with Crippen LogP contribution in [0.1, 0.15) is 23.3 Å². The molecular formula is C14H16N4OS. The third-order valence-corrected chi connectivity index (χ3v) is 4.34. The van der Waals surface area contributed by atoms with Gasteiger partial charge in [0.1, 0.15) is 10.7 Å². The van der Waals surface area contributed by atoms with E-state index in [-0.39, 0.29) is 5.91 Å². The molecule has 0 saturated carbocycles. The molecule has 0 spiro atoms. The number of aromatic nitrogens is 1. The van der Waals surface area contributed by atoms with E-state index in [0.29, 0.717) is 5.69 Å². The number of nitrogen functional groups attached to an aromatic ring is 1. The molecule has 1 aromatic carbocycles. The van der Waals surface area contributed by atoms with E-state index >= 15 is 0 Å². The Labute approximate surface area is 121 Å². The fourth-order valence-electron chi connectivity index (χ4n) is 2.37. The van der Waals surface area contributed by atoms with Crippen LogP contribution >= 0.6 is 11.3 Å². The van der Waals surface area contributed by atoms with Gasteiger partial charge >= 0.3 is 0 Å². The molecule has 20 heavy (non-hydrogen) atoms. The average molecular weight is 288 g/mol. The molecule has 104 valence electrons. The molecule has 5 nitrogen and oxygen atoms in total. The summed E-state index contributed by atoms with van der Waals surface area (Å²) in [6, 6.07) is 8.34. The molecule has 0 radical (unpaired) electrons. The largest absolute Gasteiger partial charge is 0.372 e.